The van der Waals surface area contributed by atoms with Crippen molar-refractivity contribution in [2.24, 2.45) is 0 Å². The van der Waals surface area contributed by atoms with Crippen molar-refractivity contribution in [3.63, 3.8) is 0 Å². The molecule has 3 aromatic rings. The lowest BCUT2D eigenvalue weighted by molar-refractivity contribution is 0.0667. The molecule has 1 aliphatic rings. The summed E-state index contributed by atoms with van der Waals surface area (Å²) in [5, 5.41) is 1.38. The second kappa shape index (κ2) is 7.37. The van der Waals surface area contributed by atoms with Crippen LogP contribution in [0.4, 0.5) is 8.78 Å². The summed E-state index contributed by atoms with van der Waals surface area (Å²) in [4.78, 5) is 0. The molecule has 26 heavy (non-hydrogen) atoms. The van der Waals surface area contributed by atoms with Crippen molar-refractivity contribution in [3.05, 3.63) is 35.9 Å². The summed E-state index contributed by atoms with van der Waals surface area (Å²) in [7, 11) is 0. The molecule has 0 aliphatic carbocycles. The predicted molar refractivity (Wildman–Crippen MR) is 99.5 cm³/mol. The molecule has 1 aromatic heterocycles. The lowest BCUT2D eigenvalue weighted by Crippen LogP contribution is -2.16. The zero-order valence-electron chi connectivity index (χ0n) is 14.5. The van der Waals surface area contributed by atoms with Crippen molar-refractivity contribution in [2.45, 2.75) is 32.3 Å². The van der Waals surface area contributed by atoms with Gasteiger partial charge in [0.1, 0.15) is 6.61 Å². The van der Waals surface area contributed by atoms with E-state index in [2.05, 4.69) is 0 Å². The molecule has 0 radical (unpaired) electrons. The van der Waals surface area contributed by atoms with E-state index >= 15 is 0 Å². The third kappa shape index (κ3) is 3.12. The summed E-state index contributed by atoms with van der Waals surface area (Å²) in [5.41, 5.74) is 0. The summed E-state index contributed by atoms with van der Waals surface area (Å²) in [5.74, 6) is -0.487. The highest BCUT2D eigenvalue weighted by molar-refractivity contribution is 7.25. The second-order valence-corrected chi connectivity index (χ2v) is 7.43. The van der Waals surface area contributed by atoms with Crippen LogP contribution in [0.3, 0.4) is 0 Å². The Hall–Kier alpha value is -1.92. The van der Waals surface area contributed by atoms with E-state index in [0.717, 1.165) is 37.2 Å². The fraction of sp³-hybridized carbons (Fsp3) is 0.400. The number of fused-ring (bicyclic) bond motifs is 3. The van der Waals surface area contributed by atoms with E-state index in [9.17, 15) is 8.78 Å². The first-order chi connectivity index (χ1) is 12.7. The Kier molecular flexibility index (Phi) is 4.96. The molecule has 1 aliphatic heterocycles. The van der Waals surface area contributed by atoms with E-state index in [-0.39, 0.29) is 17.6 Å². The van der Waals surface area contributed by atoms with Gasteiger partial charge in [-0.05, 0) is 43.5 Å². The Morgan fingerprint density at radius 3 is 2.27 bits per heavy atom. The smallest absolute Gasteiger partial charge is 0.182 e. The van der Waals surface area contributed by atoms with Crippen molar-refractivity contribution in [1.29, 1.82) is 0 Å². The van der Waals surface area contributed by atoms with Crippen LogP contribution in [-0.2, 0) is 4.74 Å². The third-order valence-corrected chi connectivity index (χ3v) is 5.73. The lowest BCUT2D eigenvalue weighted by Gasteiger charge is -2.12. The molecule has 0 N–H and O–H groups in total. The third-order valence-electron chi connectivity index (χ3n) is 4.53. The zero-order chi connectivity index (χ0) is 18.1. The normalized spacial score (nSPS) is 17.3. The van der Waals surface area contributed by atoms with Crippen LogP contribution < -0.4 is 9.47 Å². The van der Waals surface area contributed by atoms with Crippen molar-refractivity contribution in [3.8, 4) is 11.5 Å². The van der Waals surface area contributed by atoms with Crippen LogP contribution in [0.2, 0.25) is 0 Å². The number of rotatable bonds is 6. The highest BCUT2D eigenvalue weighted by Crippen LogP contribution is 2.41. The molecular weight excluding hydrogens is 358 g/mol. The molecule has 1 atom stereocenters. The summed E-state index contributed by atoms with van der Waals surface area (Å²) in [6.07, 6.45) is 2.75. The van der Waals surface area contributed by atoms with E-state index < -0.39 is 11.6 Å². The highest BCUT2D eigenvalue weighted by atomic mass is 32.1. The van der Waals surface area contributed by atoms with Crippen molar-refractivity contribution in [1.82, 2.24) is 0 Å². The number of hydrogen-bond acceptors (Lipinski definition) is 4. The van der Waals surface area contributed by atoms with Crippen LogP contribution in [0.25, 0.3) is 20.2 Å². The number of thiophene rings is 1. The first-order valence-corrected chi connectivity index (χ1v) is 9.71. The van der Waals surface area contributed by atoms with Gasteiger partial charge in [0.25, 0.3) is 0 Å². The largest absolute Gasteiger partial charge is 0.490 e. The lowest BCUT2D eigenvalue weighted by atomic mass is 10.1. The van der Waals surface area contributed by atoms with Gasteiger partial charge >= 0.3 is 0 Å². The van der Waals surface area contributed by atoms with Crippen LogP contribution in [0.1, 0.15) is 26.2 Å². The van der Waals surface area contributed by atoms with Crippen molar-refractivity contribution in [2.75, 3.05) is 19.8 Å². The zero-order valence-corrected chi connectivity index (χ0v) is 15.3. The fourth-order valence-electron chi connectivity index (χ4n) is 3.20. The molecule has 2 aromatic carbocycles. The van der Waals surface area contributed by atoms with Gasteiger partial charge in [-0.15, -0.1) is 11.3 Å². The first-order valence-electron chi connectivity index (χ1n) is 8.89. The van der Waals surface area contributed by atoms with Crippen LogP contribution in [-0.4, -0.2) is 25.9 Å². The maximum atomic E-state index is 14.9. The molecular formula is C20H20F2O3S. The molecule has 138 valence electrons. The Bertz CT molecular complexity index is 932. The van der Waals surface area contributed by atoms with Crippen molar-refractivity contribution >= 4 is 31.5 Å². The van der Waals surface area contributed by atoms with Crippen LogP contribution in [0.15, 0.2) is 24.3 Å². The van der Waals surface area contributed by atoms with E-state index in [1.807, 2.05) is 6.92 Å². The minimum Gasteiger partial charge on any atom is -0.490 e. The van der Waals surface area contributed by atoms with Gasteiger partial charge in [0, 0.05) is 17.4 Å². The van der Waals surface area contributed by atoms with E-state index in [4.69, 9.17) is 14.2 Å². The van der Waals surface area contributed by atoms with Crippen LogP contribution in [0.5, 0.6) is 11.5 Å². The standard InChI is InChI=1S/C20H20F2O3S/c1-2-9-24-15-7-5-13-14-6-8-16(25-11-12-4-3-10-23-12)18(22)20(14)26-19(13)17(15)21/h5-8,12H,2-4,9-11H2,1H3. The first kappa shape index (κ1) is 17.5. The molecule has 4 rings (SSSR count). The van der Waals surface area contributed by atoms with Gasteiger partial charge in [0.15, 0.2) is 23.1 Å². The molecule has 1 unspecified atom stereocenters. The van der Waals surface area contributed by atoms with E-state index in [0.29, 0.717) is 33.4 Å². The Morgan fingerprint density at radius 1 is 1.04 bits per heavy atom. The fourth-order valence-corrected chi connectivity index (χ4v) is 4.36. The Balaban J connectivity index is 1.69. The Labute approximate surface area is 154 Å². The Morgan fingerprint density at radius 2 is 1.69 bits per heavy atom. The van der Waals surface area contributed by atoms with Gasteiger partial charge in [-0.1, -0.05) is 6.92 Å². The molecule has 0 bridgehead atoms. The SMILES string of the molecule is CCCOc1ccc2c(sc3c(F)c(OCC4CCCO4)ccc32)c1F. The number of hydrogen-bond donors (Lipinski definition) is 0. The van der Waals surface area contributed by atoms with Crippen LogP contribution in [0, 0.1) is 11.6 Å². The number of ether oxygens (including phenoxy) is 3. The van der Waals surface area contributed by atoms with Gasteiger partial charge in [-0.2, -0.15) is 0 Å². The number of benzene rings is 2. The molecule has 6 heteroatoms. The molecule has 3 nitrogen and oxygen atoms in total. The average Bonchev–Trinajstić information content (AvgIpc) is 3.29. The van der Waals surface area contributed by atoms with Gasteiger partial charge in [0.2, 0.25) is 0 Å². The highest BCUT2D eigenvalue weighted by Gasteiger charge is 2.20. The van der Waals surface area contributed by atoms with E-state index in [1.54, 1.807) is 24.3 Å². The summed E-state index contributed by atoms with van der Waals surface area (Å²) in [6, 6.07) is 6.79. The molecule has 0 spiro atoms. The molecule has 2 heterocycles. The molecule has 1 fully saturated rings. The quantitative estimate of drug-likeness (QED) is 0.552. The van der Waals surface area contributed by atoms with Gasteiger partial charge in [-0.3, -0.25) is 0 Å². The molecule has 0 saturated carbocycles. The van der Waals surface area contributed by atoms with E-state index in [1.165, 1.54) is 0 Å². The summed E-state index contributed by atoms with van der Waals surface area (Å²) in [6.45, 7) is 3.47. The minimum atomic E-state index is -0.447. The van der Waals surface area contributed by atoms with Crippen molar-refractivity contribution < 1.29 is 23.0 Å². The monoisotopic (exact) mass is 378 g/mol. The summed E-state index contributed by atoms with van der Waals surface area (Å²) >= 11 is 1.09. The number of halogens is 2. The summed E-state index contributed by atoms with van der Waals surface area (Å²) < 4.78 is 47.0. The topological polar surface area (TPSA) is 27.7 Å². The molecule has 1 saturated heterocycles. The average molecular weight is 378 g/mol. The molecule has 0 amide bonds. The van der Waals surface area contributed by atoms with Crippen LogP contribution >= 0.6 is 11.3 Å². The van der Waals surface area contributed by atoms with Gasteiger partial charge < -0.3 is 14.2 Å². The van der Waals surface area contributed by atoms with Gasteiger partial charge in [-0.25, -0.2) is 8.78 Å². The maximum absolute atomic E-state index is 14.9. The second-order valence-electron chi connectivity index (χ2n) is 6.41. The minimum absolute atomic E-state index is 0.0169. The maximum Gasteiger partial charge on any atom is 0.182 e. The van der Waals surface area contributed by atoms with Gasteiger partial charge in [0.05, 0.1) is 22.1 Å². The predicted octanol–water partition coefficient (Wildman–Crippen LogP) is 5.68.